The van der Waals surface area contributed by atoms with Crippen LogP contribution in [-0.2, 0) is 9.53 Å². The van der Waals surface area contributed by atoms with E-state index in [9.17, 15) is 19.6 Å². The molecule has 0 saturated carbocycles. The molecule has 170 valence electrons. The van der Waals surface area contributed by atoms with E-state index in [2.05, 4.69) is 16.7 Å². The number of nitrogens with one attached hydrogen (secondary N) is 2. The fourth-order valence-electron chi connectivity index (χ4n) is 2.87. The van der Waals surface area contributed by atoms with Crippen LogP contribution in [0.15, 0.2) is 36.4 Å². The third-order valence-corrected chi connectivity index (χ3v) is 4.28. The van der Waals surface area contributed by atoms with Crippen LogP contribution in [0.4, 0.5) is 21.9 Å². The highest BCUT2D eigenvalue weighted by Gasteiger charge is 2.21. The molecular weight excluding hydrogens is 422 g/mol. The molecule has 2 amide bonds. The predicted octanol–water partition coefficient (Wildman–Crippen LogP) is 4.05. The largest absolute Gasteiger partial charge is 0.444 e. The Morgan fingerprint density at radius 3 is 2.24 bits per heavy atom. The summed E-state index contributed by atoms with van der Waals surface area (Å²) in [5.74, 6) is -1.09. The van der Waals surface area contributed by atoms with Gasteiger partial charge in [-0.1, -0.05) is 12.1 Å². The lowest BCUT2D eigenvalue weighted by Gasteiger charge is -2.22. The molecule has 9 nitrogen and oxygen atoms in total. The normalized spacial score (nSPS) is 10.4. The minimum absolute atomic E-state index is 0.152. The average Bonchev–Trinajstić information content (AvgIpc) is 2.72. The second-order valence-electron chi connectivity index (χ2n) is 8.39. The highest BCUT2D eigenvalue weighted by atomic mass is 16.6. The van der Waals surface area contributed by atoms with E-state index in [-0.39, 0.29) is 22.5 Å². The molecule has 2 N–H and O–H groups in total. The SMILES string of the molecule is CN(C)c1cc(NC(=O)CC(=O)c2cccc(C#N)c2)c(NC(=O)OC(C)(C)C)cc1C#N. The van der Waals surface area contributed by atoms with Crippen molar-refractivity contribution in [3.63, 3.8) is 0 Å². The Balaban J connectivity index is 2.32. The summed E-state index contributed by atoms with van der Waals surface area (Å²) in [6.45, 7) is 5.12. The van der Waals surface area contributed by atoms with Gasteiger partial charge in [0.15, 0.2) is 5.78 Å². The number of ether oxygens (including phenoxy) is 1. The number of nitriles is 2. The average molecular weight is 447 g/mol. The van der Waals surface area contributed by atoms with Crippen molar-refractivity contribution >= 4 is 34.8 Å². The molecule has 0 aliphatic carbocycles. The summed E-state index contributed by atoms with van der Waals surface area (Å²) in [7, 11) is 3.46. The van der Waals surface area contributed by atoms with Crippen LogP contribution in [0.5, 0.6) is 0 Å². The van der Waals surface area contributed by atoms with E-state index < -0.39 is 29.8 Å². The van der Waals surface area contributed by atoms with Crippen LogP contribution in [0.1, 0.15) is 48.7 Å². The van der Waals surface area contributed by atoms with Gasteiger partial charge in [0.25, 0.3) is 0 Å². The summed E-state index contributed by atoms with van der Waals surface area (Å²) < 4.78 is 5.26. The molecule has 0 fully saturated rings. The lowest BCUT2D eigenvalue weighted by molar-refractivity contribution is -0.115. The number of rotatable bonds is 6. The van der Waals surface area contributed by atoms with Crippen molar-refractivity contribution in [2.45, 2.75) is 32.8 Å². The molecule has 0 saturated heterocycles. The first-order chi connectivity index (χ1) is 15.4. The van der Waals surface area contributed by atoms with Crippen LogP contribution in [0.25, 0.3) is 0 Å². The number of nitrogens with zero attached hydrogens (tertiary/aromatic N) is 3. The molecule has 0 atom stereocenters. The molecule has 0 aliphatic heterocycles. The van der Waals surface area contributed by atoms with Gasteiger partial charge in [0, 0.05) is 19.7 Å². The van der Waals surface area contributed by atoms with Gasteiger partial charge < -0.3 is 15.0 Å². The minimum Gasteiger partial charge on any atom is -0.444 e. The van der Waals surface area contributed by atoms with Gasteiger partial charge in [-0.2, -0.15) is 10.5 Å². The van der Waals surface area contributed by atoms with E-state index in [1.54, 1.807) is 51.9 Å². The number of ketones is 1. The van der Waals surface area contributed by atoms with Crippen molar-refractivity contribution in [1.82, 2.24) is 0 Å². The Morgan fingerprint density at radius 2 is 1.67 bits per heavy atom. The lowest BCUT2D eigenvalue weighted by Crippen LogP contribution is -2.28. The number of Topliss-reactive ketones (excluding diaryl/α,β-unsaturated/α-hetero) is 1. The predicted molar refractivity (Wildman–Crippen MR) is 124 cm³/mol. The summed E-state index contributed by atoms with van der Waals surface area (Å²) in [4.78, 5) is 39.1. The fraction of sp³-hybridized carbons (Fsp3) is 0.292. The zero-order chi connectivity index (χ0) is 24.8. The van der Waals surface area contributed by atoms with Gasteiger partial charge >= 0.3 is 6.09 Å². The van der Waals surface area contributed by atoms with Gasteiger partial charge in [0.2, 0.25) is 5.91 Å². The first kappa shape index (κ1) is 24.9. The third kappa shape index (κ3) is 7.08. The standard InChI is InChI=1S/C24H25N5O4/c1-24(2,3)33-23(32)28-18-10-17(14-26)20(29(4)5)11-19(18)27-22(31)12-21(30)16-8-6-7-15(9-16)13-25/h6-11H,12H2,1-5H3,(H,27,31)(H,28,32). The number of amides is 2. The molecule has 2 aromatic carbocycles. The van der Waals surface area contributed by atoms with Gasteiger partial charge in [-0.25, -0.2) is 4.79 Å². The van der Waals surface area contributed by atoms with Crippen molar-refractivity contribution in [2.75, 3.05) is 29.6 Å². The van der Waals surface area contributed by atoms with E-state index in [4.69, 9.17) is 10.00 Å². The summed E-state index contributed by atoms with van der Waals surface area (Å²) in [5.41, 5.74) is 0.937. The van der Waals surface area contributed by atoms with E-state index in [1.807, 2.05) is 6.07 Å². The molecule has 0 bridgehead atoms. The molecular formula is C24H25N5O4. The molecule has 0 aromatic heterocycles. The van der Waals surface area contributed by atoms with Crippen LogP contribution in [0.3, 0.4) is 0 Å². The Labute approximate surface area is 192 Å². The number of carbonyl (C=O) groups excluding carboxylic acids is 3. The Morgan fingerprint density at radius 1 is 1.00 bits per heavy atom. The summed E-state index contributed by atoms with van der Waals surface area (Å²) in [5, 5.41) is 23.7. The highest BCUT2D eigenvalue weighted by molar-refractivity contribution is 6.12. The molecule has 0 radical (unpaired) electrons. The van der Waals surface area contributed by atoms with E-state index >= 15 is 0 Å². The molecule has 0 unspecified atom stereocenters. The second-order valence-corrected chi connectivity index (χ2v) is 8.39. The monoisotopic (exact) mass is 447 g/mol. The minimum atomic E-state index is -0.760. The van der Waals surface area contributed by atoms with Gasteiger partial charge in [0.05, 0.1) is 40.7 Å². The maximum atomic E-state index is 12.6. The zero-order valence-electron chi connectivity index (χ0n) is 19.1. The van der Waals surface area contributed by atoms with Crippen molar-refractivity contribution in [3.8, 4) is 12.1 Å². The van der Waals surface area contributed by atoms with E-state index in [0.717, 1.165) is 0 Å². The zero-order valence-corrected chi connectivity index (χ0v) is 19.1. The first-order valence-corrected chi connectivity index (χ1v) is 10.0. The van der Waals surface area contributed by atoms with E-state index in [0.29, 0.717) is 11.3 Å². The molecule has 0 aliphatic rings. The second kappa shape index (κ2) is 10.3. The lowest BCUT2D eigenvalue weighted by atomic mass is 10.1. The van der Waals surface area contributed by atoms with E-state index in [1.165, 1.54) is 24.3 Å². The van der Waals surface area contributed by atoms with Gasteiger partial charge in [-0.3, -0.25) is 14.9 Å². The quantitative estimate of drug-likeness (QED) is 0.503. The van der Waals surface area contributed by atoms with Crippen molar-refractivity contribution in [1.29, 1.82) is 10.5 Å². The Kier molecular flexibility index (Phi) is 7.77. The molecule has 0 heterocycles. The van der Waals surface area contributed by atoms with Crippen molar-refractivity contribution in [3.05, 3.63) is 53.1 Å². The van der Waals surface area contributed by atoms with Crippen molar-refractivity contribution in [2.24, 2.45) is 0 Å². The summed E-state index contributed by atoms with van der Waals surface area (Å²) in [6.07, 6.45) is -1.23. The van der Waals surface area contributed by atoms with Crippen LogP contribution in [-0.4, -0.2) is 37.5 Å². The molecule has 2 rings (SSSR count). The van der Waals surface area contributed by atoms with Gasteiger partial charge in [-0.05, 0) is 45.0 Å². The van der Waals surface area contributed by atoms with Gasteiger partial charge in [0.1, 0.15) is 11.7 Å². The molecule has 9 heteroatoms. The maximum Gasteiger partial charge on any atom is 0.412 e. The van der Waals surface area contributed by atoms with Crippen LogP contribution < -0.4 is 15.5 Å². The summed E-state index contributed by atoms with van der Waals surface area (Å²) in [6, 6.07) is 13.0. The third-order valence-electron chi connectivity index (χ3n) is 4.28. The summed E-state index contributed by atoms with van der Waals surface area (Å²) >= 11 is 0. The molecule has 2 aromatic rings. The Hall–Kier alpha value is -4.37. The van der Waals surface area contributed by atoms with Crippen molar-refractivity contribution < 1.29 is 19.1 Å². The highest BCUT2D eigenvalue weighted by Crippen LogP contribution is 2.31. The number of hydrogen-bond donors (Lipinski definition) is 2. The van der Waals surface area contributed by atoms with Crippen LogP contribution in [0, 0.1) is 22.7 Å². The number of benzene rings is 2. The van der Waals surface area contributed by atoms with Crippen LogP contribution >= 0.6 is 0 Å². The smallest absolute Gasteiger partial charge is 0.412 e. The number of hydrogen-bond acceptors (Lipinski definition) is 7. The molecule has 33 heavy (non-hydrogen) atoms. The topological polar surface area (TPSA) is 135 Å². The molecule has 0 spiro atoms. The van der Waals surface area contributed by atoms with Crippen LogP contribution in [0.2, 0.25) is 0 Å². The number of anilines is 3. The van der Waals surface area contributed by atoms with Gasteiger partial charge in [-0.15, -0.1) is 0 Å². The fourth-order valence-corrected chi connectivity index (χ4v) is 2.87. The Bertz CT molecular complexity index is 1170. The number of carbonyl (C=O) groups is 3. The first-order valence-electron chi connectivity index (χ1n) is 10.0. The maximum absolute atomic E-state index is 12.6.